The minimum Gasteiger partial charge on any atom is -0.433 e. The lowest BCUT2D eigenvalue weighted by molar-refractivity contribution is -0.230. The van der Waals surface area contributed by atoms with E-state index in [-0.39, 0.29) is 18.3 Å². The van der Waals surface area contributed by atoms with E-state index in [0.717, 1.165) is 25.7 Å². The van der Waals surface area contributed by atoms with E-state index in [1.807, 2.05) is 0 Å². The number of carbonyl (C=O) groups is 1. The summed E-state index contributed by atoms with van der Waals surface area (Å²) >= 11 is 0. The summed E-state index contributed by atoms with van der Waals surface area (Å²) in [5.74, 6) is -0.925. The van der Waals surface area contributed by atoms with Crippen LogP contribution in [0.2, 0.25) is 0 Å². The average molecular weight is 298 g/mol. The summed E-state index contributed by atoms with van der Waals surface area (Å²) in [6.07, 6.45) is 4.62. The Balaban J connectivity index is 1.52. The molecule has 1 N–H and O–H groups in total. The standard InChI is InChI=1S/C15H22O6/c1-9(16)18-13-14(17)7-10(19-13)12-11(8-14)20-15(21-12)5-3-2-4-6-15/h10-13,17H,2-8H2,1H3/t10-,11-,12+,13?,14-/m1/s1. The fourth-order valence-electron chi connectivity index (χ4n) is 4.28. The number of hydrogen-bond acceptors (Lipinski definition) is 6. The molecule has 2 saturated carbocycles. The minimum atomic E-state index is -1.15. The van der Waals surface area contributed by atoms with E-state index in [0.29, 0.717) is 12.8 Å². The first-order valence-electron chi connectivity index (χ1n) is 7.90. The number of esters is 1. The van der Waals surface area contributed by atoms with Crippen LogP contribution in [0.5, 0.6) is 0 Å². The van der Waals surface area contributed by atoms with Crippen molar-refractivity contribution in [1.82, 2.24) is 0 Å². The van der Waals surface area contributed by atoms with E-state index >= 15 is 0 Å². The van der Waals surface area contributed by atoms with Gasteiger partial charge < -0.3 is 24.1 Å². The normalized spacial score (nSPS) is 47.3. The Labute approximate surface area is 123 Å². The van der Waals surface area contributed by atoms with E-state index in [1.54, 1.807) is 0 Å². The molecule has 21 heavy (non-hydrogen) atoms. The summed E-state index contributed by atoms with van der Waals surface area (Å²) in [4.78, 5) is 11.1. The Hall–Kier alpha value is -0.690. The maximum absolute atomic E-state index is 11.1. The smallest absolute Gasteiger partial charge is 0.305 e. The van der Waals surface area contributed by atoms with Crippen LogP contribution in [0.25, 0.3) is 0 Å². The molecule has 6 nitrogen and oxygen atoms in total. The maximum atomic E-state index is 11.1. The van der Waals surface area contributed by atoms with Gasteiger partial charge in [0.25, 0.3) is 0 Å². The zero-order chi connectivity index (χ0) is 14.7. The van der Waals surface area contributed by atoms with E-state index in [9.17, 15) is 9.90 Å². The van der Waals surface area contributed by atoms with E-state index < -0.39 is 23.6 Å². The molecule has 0 aromatic heterocycles. The molecule has 0 amide bonds. The number of ether oxygens (including phenoxy) is 4. The van der Waals surface area contributed by atoms with E-state index in [1.165, 1.54) is 13.3 Å². The number of fused-ring (bicyclic) bond motifs is 4. The average Bonchev–Trinajstić information content (AvgIpc) is 2.88. The molecule has 0 aromatic carbocycles. The third kappa shape index (κ3) is 2.20. The van der Waals surface area contributed by atoms with Gasteiger partial charge in [-0.3, -0.25) is 4.79 Å². The summed E-state index contributed by atoms with van der Waals surface area (Å²) < 4.78 is 23.3. The molecule has 4 fully saturated rings. The van der Waals surface area contributed by atoms with Gasteiger partial charge in [0.1, 0.15) is 11.7 Å². The SMILES string of the molecule is CC(=O)OC1O[C@@H]2C[C@@]1(O)C[C@H]1OC3(CCCCC3)O[C@@H]21. The third-order valence-electron chi connectivity index (χ3n) is 5.18. The van der Waals surface area contributed by atoms with Crippen LogP contribution in [0.4, 0.5) is 0 Å². The monoisotopic (exact) mass is 298 g/mol. The molecule has 6 heteroatoms. The van der Waals surface area contributed by atoms with Gasteiger partial charge in [0.2, 0.25) is 6.29 Å². The molecule has 4 rings (SSSR count). The largest absolute Gasteiger partial charge is 0.433 e. The van der Waals surface area contributed by atoms with Crippen LogP contribution in [0.3, 0.4) is 0 Å². The minimum absolute atomic E-state index is 0.163. The lowest BCUT2D eigenvalue weighted by Crippen LogP contribution is -2.48. The van der Waals surface area contributed by atoms with E-state index in [2.05, 4.69) is 0 Å². The van der Waals surface area contributed by atoms with Crippen LogP contribution >= 0.6 is 0 Å². The molecule has 2 bridgehead atoms. The first-order chi connectivity index (χ1) is 10.00. The Morgan fingerprint density at radius 1 is 1.14 bits per heavy atom. The second-order valence-corrected chi connectivity index (χ2v) is 6.84. The van der Waals surface area contributed by atoms with Gasteiger partial charge in [-0.15, -0.1) is 0 Å². The second-order valence-electron chi connectivity index (χ2n) is 6.84. The molecular weight excluding hydrogens is 276 g/mol. The van der Waals surface area contributed by atoms with Gasteiger partial charge in [-0.25, -0.2) is 0 Å². The Morgan fingerprint density at radius 2 is 1.86 bits per heavy atom. The summed E-state index contributed by atoms with van der Waals surface area (Å²) in [7, 11) is 0. The zero-order valence-electron chi connectivity index (χ0n) is 12.2. The van der Waals surface area contributed by atoms with Crippen LogP contribution in [-0.2, 0) is 23.7 Å². The van der Waals surface area contributed by atoms with Crippen LogP contribution in [0, 0.1) is 0 Å². The molecule has 0 aromatic rings. The predicted octanol–water partition coefficient (Wildman–Crippen LogP) is 1.24. The number of hydrogen-bond donors (Lipinski definition) is 1. The van der Waals surface area contributed by atoms with Crippen LogP contribution in [0.15, 0.2) is 0 Å². The molecule has 2 saturated heterocycles. The van der Waals surface area contributed by atoms with Crippen molar-refractivity contribution < 1.29 is 28.8 Å². The van der Waals surface area contributed by atoms with Crippen molar-refractivity contribution in [2.75, 3.05) is 0 Å². The van der Waals surface area contributed by atoms with Crippen molar-refractivity contribution in [3.05, 3.63) is 0 Å². The van der Waals surface area contributed by atoms with E-state index in [4.69, 9.17) is 18.9 Å². The quantitative estimate of drug-likeness (QED) is 0.734. The third-order valence-corrected chi connectivity index (χ3v) is 5.18. The fourth-order valence-corrected chi connectivity index (χ4v) is 4.28. The van der Waals surface area contributed by atoms with Gasteiger partial charge >= 0.3 is 5.97 Å². The summed E-state index contributed by atoms with van der Waals surface area (Å²) in [6.45, 7) is 1.32. The molecule has 1 unspecified atom stereocenters. The summed E-state index contributed by atoms with van der Waals surface area (Å²) in [5, 5.41) is 10.7. The van der Waals surface area contributed by atoms with Crippen molar-refractivity contribution in [2.24, 2.45) is 0 Å². The molecule has 2 aliphatic carbocycles. The Morgan fingerprint density at radius 3 is 2.57 bits per heavy atom. The maximum Gasteiger partial charge on any atom is 0.305 e. The highest BCUT2D eigenvalue weighted by molar-refractivity contribution is 5.66. The van der Waals surface area contributed by atoms with Gasteiger partial charge in [0.05, 0.1) is 12.2 Å². The van der Waals surface area contributed by atoms with Gasteiger partial charge in [0, 0.05) is 32.6 Å². The number of carbonyl (C=O) groups excluding carboxylic acids is 1. The highest BCUT2D eigenvalue weighted by atomic mass is 16.8. The zero-order valence-corrected chi connectivity index (χ0v) is 12.2. The van der Waals surface area contributed by atoms with Crippen molar-refractivity contribution in [1.29, 1.82) is 0 Å². The second kappa shape index (κ2) is 4.65. The molecule has 2 aliphatic heterocycles. The van der Waals surface area contributed by atoms with Crippen LogP contribution in [0.1, 0.15) is 51.9 Å². The summed E-state index contributed by atoms with van der Waals surface area (Å²) in [6, 6.07) is 0. The molecule has 0 radical (unpaired) electrons. The Kier molecular flexibility index (Phi) is 3.09. The van der Waals surface area contributed by atoms with Crippen molar-refractivity contribution in [2.45, 2.75) is 87.9 Å². The topological polar surface area (TPSA) is 74.2 Å². The summed E-state index contributed by atoms with van der Waals surface area (Å²) in [5.41, 5.74) is -1.15. The predicted molar refractivity (Wildman–Crippen MR) is 70.2 cm³/mol. The van der Waals surface area contributed by atoms with Crippen molar-refractivity contribution in [3.8, 4) is 0 Å². The van der Waals surface area contributed by atoms with Gasteiger partial charge in [-0.2, -0.15) is 0 Å². The van der Waals surface area contributed by atoms with Crippen molar-refractivity contribution >= 4 is 5.97 Å². The van der Waals surface area contributed by atoms with Crippen LogP contribution in [-0.4, -0.2) is 47.1 Å². The molecule has 2 heterocycles. The lowest BCUT2D eigenvalue weighted by Gasteiger charge is -2.33. The lowest BCUT2D eigenvalue weighted by atomic mass is 9.82. The molecule has 5 atom stereocenters. The highest BCUT2D eigenvalue weighted by Gasteiger charge is 2.64. The number of aliphatic hydroxyl groups is 1. The first kappa shape index (κ1) is 13.9. The van der Waals surface area contributed by atoms with Gasteiger partial charge in [-0.05, 0) is 12.8 Å². The Bertz CT molecular complexity index is 445. The first-order valence-corrected chi connectivity index (χ1v) is 7.90. The molecule has 118 valence electrons. The van der Waals surface area contributed by atoms with Gasteiger partial charge in [0.15, 0.2) is 5.79 Å². The van der Waals surface area contributed by atoms with Crippen LogP contribution < -0.4 is 0 Å². The van der Waals surface area contributed by atoms with Crippen molar-refractivity contribution in [3.63, 3.8) is 0 Å². The number of rotatable bonds is 1. The molecule has 4 aliphatic rings. The molecule has 1 spiro atoms. The van der Waals surface area contributed by atoms with Gasteiger partial charge in [-0.1, -0.05) is 6.42 Å². The highest BCUT2D eigenvalue weighted by Crippen LogP contribution is 2.51. The molecular formula is C15H22O6. The fraction of sp³-hybridized carbons (Fsp3) is 0.933.